The van der Waals surface area contributed by atoms with Crippen LogP contribution in [-0.2, 0) is 9.53 Å². The summed E-state index contributed by atoms with van der Waals surface area (Å²) in [4.78, 5) is 11.7. The predicted molar refractivity (Wildman–Crippen MR) is 61.2 cm³/mol. The highest BCUT2D eigenvalue weighted by molar-refractivity contribution is 8.03. The van der Waals surface area contributed by atoms with Crippen LogP contribution in [0.15, 0.2) is 10.6 Å². The van der Waals surface area contributed by atoms with E-state index >= 15 is 0 Å². The molecule has 1 aliphatic carbocycles. The Balaban J connectivity index is 2.14. The van der Waals surface area contributed by atoms with Gasteiger partial charge in [0.05, 0.1) is 17.2 Å². The highest BCUT2D eigenvalue weighted by Gasteiger charge is 2.40. The van der Waals surface area contributed by atoms with Gasteiger partial charge in [-0.2, -0.15) is 0 Å². The fourth-order valence-corrected chi connectivity index (χ4v) is 3.85. The number of carbonyl (C=O) groups excluding carboxylic acids is 1. The molecule has 2 atom stereocenters. The second kappa shape index (κ2) is 4.47. The lowest BCUT2D eigenvalue weighted by atomic mass is 9.84. The van der Waals surface area contributed by atoms with Crippen LogP contribution in [0, 0.1) is 5.92 Å². The van der Waals surface area contributed by atoms with Crippen LogP contribution in [0.1, 0.15) is 32.6 Å². The molecule has 1 heterocycles. The SMILES string of the molecule is CCOC(=O)C1=C(N)S[C@@H]2CCCC[C@H]12. The molecule has 0 bridgehead atoms. The fraction of sp³-hybridized carbons (Fsp3) is 0.727. The van der Waals surface area contributed by atoms with Crippen LogP contribution in [0.2, 0.25) is 0 Å². The molecule has 0 aromatic rings. The molecule has 4 heteroatoms. The van der Waals surface area contributed by atoms with Crippen molar-refractivity contribution < 1.29 is 9.53 Å². The monoisotopic (exact) mass is 227 g/mol. The van der Waals surface area contributed by atoms with Gasteiger partial charge in [0.15, 0.2) is 0 Å². The molecule has 2 aliphatic rings. The number of hydrogen-bond acceptors (Lipinski definition) is 4. The van der Waals surface area contributed by atoms with Gasteiger partial charge in [0.25, 0.3) is 0 Å². The van der Waals surface area contributed by atoms with Gasteiger partial charge < -0.3 is 10.5 Å². The van der Waals surface area contributed by atoms with Gasteiger partial charge in [0.2, 0.25) is 0 Å². The van der Waals surface area contributed by atoms with Crippen molar-refractivity contribution in [3.05, 3.63) is 10.6 Å². The van der Waals surface area contributed by atoms with Crippen LogP contribution in [0.5, 0.6) is 0 Å². The Morgan fingerprint density at radius 2 is 2.27 bits per heavy atom. The van der Waals surface area contributed by atoms with Crippen molar-refractivity contribution >= 4 is 17.7 Å². The van der Waals surface area contributed by atoms with Crippen molar-refractivity contribution in [1.82, 2.24) is 0 Å². The van der Waals surface area contributed by atoms with Crippen LogP contribution in [-0.4, -0.2) is 17.8 Å². The standard InChI is InChI=1S/C11H17NO2S/c1-2-14-11(13)9-7-5-3-4-6-8(7)15-10(9)12/h7-8H,2-6,12H2,1H3/t7-,8+/m0/s1. The van der Waals surface area contributed by atoms with Crippen LogP contribution >= 0.6 is 11.8 Å². The Morgan fingerprint density at radius 1 is 1.53 bits per heavy atom. The first-order valence-electron chi connectivity index (χ1n) is 5.57. The summed E-state index contributed by atoms with van der Waals surface area (Å²) in [6.45, 7) is 2.26. The average molecular weight is 227 g/mol. The maximum absolute atomic E-state index is 11.7. The molecule has 1 aliphatic heterocycles. The van der Waals surface area contributed by atoms with Crippen molar-refractivity contribution in [3.63, 3.8) is 0 Å². The third kappa shape index (κ3) is 2.00. The first-order valence-corrected chi connectivity index (χ1v) is 6.45. The molecular formula is C11H17NO2S. The molecule has 15 heavy (non-hydrogen) atoms. The second-order valence-electron chi connectivity index (χ2n) is 4.05. The largest absolute Gasteiger partial charge is 0.463 e. The molecule has 0 radical (unpaired) electrons. The summed E-state index contributed by atoms with van der Waals surface area (Å²) in [5.41, 5.74) is 6.67. The van der Waals surface area contributed by atoms with E-state index in [-0.39, 0.29) is 5.97 Å². The van der Waals surface area contributed by atoms with Crippen LogP contribution in [0.4, 0.5) is 0 Å². The van der Waals surface area contributed by atoms with Crippen molar-refractivity contribution in [2.24, 2.45) is 11.7 Å². The van der Waals surface area contributed by atoms with Gasteiger partial charge in [-0.3, -0.25) is 0 Å². The lowest BCUT2D eigenvalue weighted by molar-refractivity contribution is -0.139. The minimum Gasteiger partial charge on any atom is -0.463 e. The first kappa shape index (κ1) is 10.9. The number of thioether (sulfide) groups is 1. The van der Waals surface area contributed by atoms with Crippen LogP contribution in [0.25, 0.3) is 0 Å². The summed E-state index contributed by atoms with van der Waals surface area (Å²) < 4.78 is 5.06. The lowest BCUT2D eigenvalue weighted by Crippen LogP contribution is -2.24. The number of hydrogen-bond donors (Lipinski definition) is 1. The van der Waals surface area contributed by atoms with Crippen molar-refractivity contribution in [1.29, 1.82) is 0 Å². The predicted octanol–water partition coefficient (Wildman–Crippen LogP) is 2.03. The van der Waals surface area contributed by atoms with Gasteiger partial charge in [0.1, 0.15) is 0 Å². The number of ether oxygens (including phenoxy) is 1. The van der Waals surface area contributed by atoms with Crippen LogP contribution in [0.3, 0.4) is 0 Å². The highest BCUT2D eigenvalue weighted by atomic mass is 32.2. The Bertz CT molecular complexity index is 301. The van der Waals surface area contributed by atoms with Gasteiger partial charge in [-0.25, -0.2) is 4.79 Å². The van der Waals surface area contributed by atoms with E-state index in [1.807, 2.05) is 6.92 Å². The molecule has 84 valence electrons. The van der Waals surface area contributed by atoms with E-state index in [0.717, 1.165) is 12.0 Å². The van der Waals surface area contributed by atoms with E-state index in [1.165, 1.54) is 19.3 Å². The third-order valence-corrected chi connectivity index (χ3v) is 4.45. The fourth-order valence-electron chi connectivity index (χ4n) is 2.44. The zero-order valence-electron chi connectivity index (χ0n) is 8.99. The van der Waals surface area contributed by atoms with Gasteiger partial charge in [-0.05, 0) is 19.8 Å². The lowest BCUT2D eigenvalue weighted by Gasteiger charge is -2.25. The summed E-state index contributed by atoms with van der Waals surface area (Å²) in [7, 11) is 0. The minimum atomic E-state index is -0.197. The summed E-state index contributed by atoms with van der Waals surface area (Å²) in [6, 6.07) is 0. The zero-order chi connectivity index (χ0) is 10.8. The quantitative estimate of drug-likeness (QED) is 0.733. The smallest absolute Gasteiger partial charge is 0.336 e. The maximum Gasteiger partial charge on any atom is 0.336 e. The van der Waals surface area contributed by atoms with Crippen LogP contribution < -0.4 is 5.73 Å². The normalized spacial score (nSPS) is 30.2. The molecule has 1 fully saturated rings. The Kier molecular flexibility index (Phi) is 3.24. The molecule has 0 aromatic carbocycles. The van der Waals surface area contributed by atoms with E-state index in [1.54, 1.807) is 11.8 Å². The topological polar surface area (TPSA) is 52.3 Å². The number of esters is 1. The highest BCUT2D eigenvalue weighted by Crippen LogP contribution is 2.47. The Labute approximate surface area is 94.4 Å². The van der Waals surface area contributed by atoms with E-state index in [4.69, 9.17) is 10.5 Å². The van der Waals surface area contributed by atoms with E-state index in [9.17, 15) is 4.79 Å². The summed E-state index contributed by atoms with van der Waals surface area (Å²) >= 11 is 1.67. The van der Waals surface area contributed by atoms with Gasteiger partial charge in [-0.15, -0.1) is 11.8 Å². The van der Waals surface area contributed by atoms with Gasteiger partial charge >= 0.3 is 5.97 Å². The Hall–Kier alpha value is -0.640. The molecule has 0 unspecified atom stereocenters. The summed E-state index contributed by atoms with van der Waals surface area (Å²) in [5, 5.41) is 1.23. The number of fused-ring (bicyclic) bond motifs is 1. The molecular weight excluding hydrogens is 210 g/mol. The van der Waals surface area contributed by atoms with Crippen molar-refractivity contribution in [2.45, 2.75) is 37.9 Å². The molecule has 2 N–H and O–H groups in total. The molecule has 1 saturated carbocycles. The maximum atomic E-state index is 11.7. The Morgan fingerprint density at radius 3 is 3.00 bits per heavy atom. The van der Waals surface area contributed by atoms with E-state index in [2.05, 4.69) is 0 Å². The molecule has 0 saturated heterocycles. The molecule has 2 rings (SSSR count). The van der Waals surface area contributed by atoms with Gasteiger partial charge in [-0.1, -0.05) is 12.8 Å². The van der Waals surface area contributed by atoms with Crippen molar-refractivity contribution in [2.75, 3.05) is 6.61 Å². The first-order chi connectivity index (χ1) is 7.24. The van der Waals surface area contributed by atoms with Gasteiger partial charge in [0, 0.05) is 11.2 Å². The van der Waals surface area contributed by atoms with Crippen molar-refractivity contribution in [3.8, 4) is 0 Å². The molecule has 0 amide bonds. The average Bonchev–Trinajstić information content (AvgIpc) is 2.54. The van der Waals surface area contributed by atoms with E-state index in [0.29, 0.717) is 22.8 Å². The summed E-state index contributed by atoms with van der Waals surface area (Å²) in [6.07, 6.45) is 4.74. The molecule has 0 spiro atoms. The third-order valence-electron chi connectivity index (χ3n) is 3.11. The molecule has 0 aromatic heterocycles. The summed E-state index contributed by atoms with van der Waals surface area (Å²) in [5.74, 6) is 0.152. The molecule has 3 nitrogen and oxygen atoms in total. The second-order valence-corrected chi connectivity index (χ2v) is 5.33. The number of rotatable bonds is 2. The number of nitrogens with two attached hydrogens (primary N) is 1. The van der Waals surface area contributed by atoms with E-state index < -0.39 is 0 Å². The number of carbonyl (C=O) groups is 1. The zero-order valence-corrected chi connectivity index (χ0v) is 9.81. The minimum absolute atomic E-state index is 0.197.